The molecule has 152 valence electrons. The van der Waals surface area contributed by atoms with Crippen molar-refractivity contribution in [2.45, 2.75) is 44.8 Å². The van der Waals surface area contributed by atoms with Crippen LogP contribution in [-0.4, -0.2) is 56.1 Å². The molecule has 0 aliphatic heterocycles. The van der Waals surface area contributed by atoms with Gasteiger partial charge in [-0.1, -0.05) is 25.0 Å². The fraction of sp³-hybridized carbons (Fsp3) is 0.579. The van der Waals surface area contributed by atoms with Crippen molar-refractivity contribution in [3.05, 3.63) is 28.7 Å². The van der Waals surface area contributed by atoms with Gasteiger partial charge in [-0.2, -0.15) is 0 Å². The summed E-state index contributed by atoms with van der Waals surface area (Å²) < 4.78 is 6.89. The molecule has 0 saturated heterocycles. The van der Waals surface area contributed by atoms with Crippen molar-refractivity contribution in [2.24, 2.45) is 4.99 Å². The molecule has 1 amide bonds. The van der Waals surface area contributed by atoms with Crippen LogP contribution in [0.1, 0.15) is 32.6 Å². The Bertz CT molecular complexity index is 621. The van der Waals surface area contributed by atoms with Crippen LogP contribution in [0.5, 0.6) is 5.75 Å². The molecule has 1 aliphatic carbocycles. The van der Waals surface area contributed by atoms with Gasteiger partial charge in [-0.25, -0.2) is 4.99 Å². The summed E-state index contributed by atoms with van der Waals surface area (Å²) in [6, 6.07) is 8.22. The zero-order valence-electron chi connectivity index (χ0n) is 16.2. The molecule has 1 saturated carbocycles. The fourth-order valence-electron chi connectivity index (χ4n) is 2.74. The number of carbonyl (C=O) groups excluding carboxylic acids is 1. The predicted octanol–water partition coefficient (Wildman–Crippen LogP) is 3.40. The summed E-state index contributed by atoms with van der Waals surface area (Å²) in [7, 11) is 3.48. The molecule has 0 heterocycles. The number of nitrogens with one attached hydrogen (secondary N) is 2. The van der Waals surface area contributed by atoms with Gasteiger partial charge >= 0.3 is 0 Å². The Morgan fingerprint density at radius 3 is 2.63 bits per heavy atom. The number of amides is 1. The number of guanidine groups is 1. The van der Waals surface area contributed by atoms with Gasteiger partial charge in [-0.05, 0) is 47.8 Å². The van der Waals surface area contributed by atoms with Crippen molar-refractivity contribution in [3.63, 3.8) is 0 Å². The third kappa shape index (κ3) is 8.68. The van der Waals surface area contributed by atoms with Crippen molar-refractivity contribution in [1.29, 1.82) is 0 Å². The number of hydrogen-bond acceptors (Lipinski definition) is 3. The maximum Gasteiger partial charge on any atom is 0.243 e. The highest BCUT2D eigenvalue weighted by atomic mass is 127. The lowest BCUT2D eigenvalue weighted by Gasteiger charge is -2.21. The molecule has 0 radical (unpaired) electrons. The molecule has 1 fully saturated rings. The number of benzene rings is 1. The normalized spacial score (nSPS) is 15.6. The van der Waals surface area contributed by atoms with E-state index >= 15 is 0 Å². The second-order valence-electron chi connectivity index (χ2n) is 6.82. The Labute approximate surface area is 187 Å². The third-order valence-electron chi connectivity index (χ3n) is 4.29. The summed E-state index contributed by atoms with van der Waals surface area (Å²) in [4.78, 5) is 17.8. The number of para-hydroxylation sites is 1. The van der Waals surface area contributed by atoms with E-state index in [2.05, 4.69) is 31.6 Å². The minimum atomic E-state index is -0.0474. The van der Waals surface area contributed by atoms with Crippen LogP contribution in [-0.2, 0) is 4.79 Å². The summed E-state index contributed by atoms with van der Waals surface area (Å²) >= 11 is 3.49. The van der Waals surface area contributed by atoms with E-state index in [1.54, 1.807) is 19.0 Å². The monoisotopic (exact) mass is 552 g/mol. The quantitative estimate of drug-likeness (QED) is 0.309. The smallest absolute Gasteiger partial charge is 0.243 e. The number of hydrogen-bond donors (Lipinski definition) is 2. The number of aliphatic imine (C=N–C) groups is 1. The molecule has 8 heteroatoms. The molecule has 0 bridgehead atoms. The summed E-state index contributed by atoms with van der Waals surface area (Å²) in [5.41, 5.74) is 0. The van der Waals surface area contributed by atoms with E-state index in [0.717, 1.165) is 23.1 Å². The van der Waals surface area contributed by atoms with Crippen molar-refractivity contribution in [1.82, 2.24) is 15.5 Å². The fourth-order valence-corrected chi connectivity index (χ4v) is 3.12. The molecule has 2 N–H and O–H groups in total. The van der Waals surface area contributed by atoms with Crippen LogP contribution in [0.3, 0.4) is 0 Å². The maximum absolute atomic E-state index is 11.8. The Kier molecular flexibility index (Phi) is 11.1. The number of rotatable bonds is 7. The van der Waals surface area contributed by atoms with E-state index < -0.39 is 0 Å². The zero-order valence-corrected chi connectivity index (χ0v) is 20.1. The van der Waals surface area contributed by atoms with E-state index in [4.69, 9.17) is 4.74 Å². The van der Waals surface area contributed by atoms with E-state index in [1.165, 1.54) is 12.8 Å². The molecule has 1 atom stereocenters. The van der Waals surface area contributed by atoms with Gasteiger partial charge in [0.05, 0.1) is 11.0 Å². The van der Waals surface area contributed by atoms with Gasteiger partial charge in [0.25, 0.3) is 0 Å². The first-order chi connectivity index (χ1) is 12.5. The second kappa shape index (κ2) is 12.4. The molecule has 1 aromatic carbocycles. The summed E-state index contributed by atoms with van der Waals surface area (Å²) in [5.74, 6) is 1.47. The molecule has 1 aromatic rings. The Balaban J connectivity index is 0.00000364. The van der Waals surface area contributed by atoms with Crippen molar-refractivity contribution in [2.75, 3.05) is 27.2 Å². The highest BCUT2D eigenvalue weighted by Gasteiger charge is 2.17. The van der Waals surface area contributed by atoms with Gasteiger partial charge in [0.15, 0.2) is 5.96 Å². The van der Waals surface area contributed by atoms with Crippen molar-refractivity contribution >= 4 is 51.8 Å². The molecule has 1 unspecified atom stereocenters. The van der Waals surface area contributed by atoms with Crippen molar-refractivity contribution < 1.29 is 9.53 Å². The largest absolute Gasteiger partial charge is 0.488 e. The van der Waals surface area contributed by atoms with Crippen LogP contribution in [0, 0.1) is 0 Å². The number of halogens is 2. The lowest BCUT2D eigenvalue weighted by Crippen LogP contribution is -2.46. The zero-order chi connectivity index (χ0) is 18.9. The summed E-state index contributed by atoms with van der Waals surface area (Å²) in [5, 5.41) is 6.75. The minimum Gasteiger partial charge on any atom is -0.488 e. The topological polar surface area (TPSA) is 66.0 Å². The molecule has 0 aromatic heterocycles. The maximum atomic E-state index is 11.8. The second-order valence-corrected chi connectivity index (χ2v) is 7.67. The molecular weight excluding hydrogens is 523 g/mol. The van der Waals surface area contributed by atoms with Gasteiger partial charge < -0.3 is 20.3 Å². The first-order valence-corrected chi connectivity index (χ1v) is 9.91. The highest BCUT2D eigenvalue weighted by molar-refractivity contribution is 14.0. The van der Waals surface area contributed by atoms with Crippen molar-refractivity contribution in [3.8, 4) is 5.75 Å². The average molecular weight is 553 g/mol. The Morgan fingerprint density at radius 2 is 2.00 bits per heavy atom. The van der Waals surface area contributed by atoms with Gasteiger partial charge in [-0.3, -0.25) is 4.79 Å². The van der Waals surface area contributed by atoms with E-state index in [1.807, 2.05) is 31.2 Å². The lowest BCUT2D eigenvalue weighted by molar-refractivity contribution is -0.127. The number of ether oxygens (including phenoxy) is 1. The SMILES string of the molecule is CC(CNC(=NCC(=O)N(C)C)NC1CCCC1)Oc1ccccc1Br.I. The van der Waals surface area contributed by atoms with Crippen LogP contribution in [0.2, 0.25) is 0 Å². The van der Waals surface area contributed by atoms with E-state index in [0.29, 0.717) is 18.5 Å². The Morgan fingerprint density at radius 1 is 1.33 bits per heavy atom. The molecule has 27 heavy (non-hydrogen) atoms. The molecule has 1 aliphatic rings. The van der Waals surface area contributed by atoms with Gasteiger partial charge in [0, 0.05) is 20.1 Å². The Hall–Kier alpha value is -1.03. The van der Waals surface area contributed by atoms with Crippen LogP contribution < -0.4 is 15.4 Å². The van der Waals surface area contributed by atoms with Crippen LogP contribution >= 0.6 is 39.9 Å². The van der Waals surface area contributed by atoms with E-state index in [-0.39, 0.29) is 42.5 Å². The lowest BCUT2D eigenvalue weighted by atomic mass is 10.2. The first-order valence-electron chi connectivity index (χ1n) is 9.12. The minimum absolute atomic E-state index is 0. The summed E-state index contributed by atoms with van der Waals surface area (Å²) in [6.07, 6.45) is 4.72. The average Bonchev–Trinajstić information content (AvgIpc) is 3.12. The van der Waals surface area contributed by atoms with Gasteiger partial charge in [0.2, 0.25) is 5.91 Å². The predicted molar refractivity (Wildman–Crippen MR) is 124 cm³/mol. The molecule has 0 spiro atoms. The molecular formula is C19H30BrIN4O2. The molecule has 2 rings (SSSR count). The van der Waals surface area contributed by atoms with Crippen LogP contribution in [0.4, 0.5) is 0 Å². The number of likely N-dealkylation sites (N-methyl/N-ethyl adjacent to an activating group) is 1. The number of nitrogens with zero attached hydrogens (tertiary/aromatic N) is 2. The van der Waals surface area contributed by atoms with Gasteiger partial charge in [0.1, 0.15) is 18.4 Å². The standard InChI is InChI=1S/C19H29BrN4O2.HI/c1-14(26-17-11-7-6-10-16(17)20)12-21-19(22-13-18(25)24(2)3)23-15-8-4-5-9-15;/h6-7,10-11,14-15H,4-5,8-9,12-13H2,1-3H3,(H2,21,22,23);1H. The van der Waals surface area contributed by atoms with E-state index in [9.17, 15) is 4.79 Å². The first kappa shape index (κ1) is 24.0. The van der Waals surface area contributed by atoms with Gasteiger partial charge in [-0.15, -0.1) is 24.0 Å². The molecule has 6 nitrogen and oxygen atoms in total. The van der Waals surface area contributed by atoms with Crippen LogP contribution in [0.15, 0.2) is 33.7 Å². The highest BCUT2D eigenvalue weighted by Crippen LogP contribution is 2.24. The summed E-state index contributed by atoms with van der Waals surface area (Å²) in [6.45, 7) is 2.73. The third-order valence-corrected chi connectivity index (χ3v) is 4.94. The van der Waals surface area contributed by atoms with Crippen LogP contribution in [0.25, 0.3) is 0 Å². The number of carbonyl (C=O) groups is 1.